The largest absolute Gasteiger partial charge is 0.469 e. The Labute approximate surface area is 192 Å². The van der Waals surface area contributed by atoms with Crippen molar-refractivity contribution in [2.45, 2.75) is 24.8 Å². The molecule has 0 spiro atoms. The van der Waals surface area contributed by atoms with Crippen molar-refractivity contribution in [1.29, 1.82) is 0 Å². The zero-order valence-corrected chi connectivity index (χ0v) is 19.4. The van der Waals surface area contributed by atoms with Crippen LogP contribution in [0.25, 0.3) is 0 Å². The Morgan fingerprint density at radius 2 is 1.79 bits per heavy atom. The van der Waals surface area contributed by atoms with Gasteiger partial charge in [-0.2, -0.15) is 4.31 Å². The molecule has 3 rings (SSSR count). The summed E-state index contributed by atoms with van der Waals surface area (Å²) in [4.78, 5) is 25.7. The van der Waals surface area contributed by atoms with Gasteiger partial charge in [-0.1, -0.05) is 44.2 Å². The van der Waals surface area contributed by atoms with Gasteiger partial charge in [0.2, 0.25) is 16.1 Å². The molecule has 1 aliphatic heterocycles. The molecule has 1 fully saturated rings. The fourth-order valence-corrected chi connectivity index (χ4v) is 5.06. The van der Waals surface area contributed by atoms with Gasteiger partial charge in [0.15, 0.2) is 5.75 Å². The second kappa shape index (κ2) is 10.7. The summed E-state index contributed by atoms with van der Waals surface area (Å²) in [6.07, 6.45) is -1.13. The number of nitro groups is 1. The van der Waals surface area contributed by atoms with Crippen LogP contribution in [0, 0.1) is 10.1 Å². The molecule has 2 aromatic rings. The molecule has 1 amide bonds. The Bertz CT molecular complexity index is 1080. The Morgan fingerprint density at radius 1 is 1.15 bits per heavy atom. The smallest absolute Gasteiger partial charge is 0.312 e. The van der Waals surface area contributed by atoms with Crippen LogP contribution < -0.4 is 4.74 Å². The van der Waals surface area contributed by atoms with Gasteiger partial charge in [0.05, 0.1) is 23.0 Å². The standard InChI is InChI=1S/C22H27N3O7S/c1-3-24(4-2)33(29,30)18-10-11-20(19(16-18)25(27)28)32-21(17-8-6-5-7-9-17)22(26)23-12-14-31-15-13-23/h5-11,16,21H,3-4,12-15H2,1-2H3/t21-/m1/s1. The van der Waals surface area contributed by atoms with Crippen molar-refractivity contribution in [2.24, 2.45) is 0 Å². The maximum atomic E-state index is 13.3. The van der Waals surface area contributed by atoms with Crippen LogP contribution in [0.2, 0.25) is 0 Å². The average Bonchev–Trinajstić information content (AvgIpc) is 2.83. The zero-order valence-electron chi connectivity index (χ0n) is 18.5. The van der Waals surface area contributed by atoms with Crippen molar-refractivity contribution in [2.75, 3.05) is 39.4 Å². The second-order valence-corrected chi connectivity index (χ2v) is 9.26. The van der Waals surface area contributed by atoms with E-state index in [0.29, 0.717) is 31.9 Å². The van der Waals surface area contributed by atoms with Gasteiger partial charge in [0.1, 0.15) is 0 Å². The number of hydrogen-bond acceptors (Lipinski definition) is 7. The number of hydrogen-bond donors (Lipinski definition) is 0. The predicted octanol–water partition coefficient (Wildman–Crippen LogP) is 2.60. The number of benzene rings is 2. The predicted molar refractivity (Wildman–Crippen MR) is 120 cm³/mol. The first-order valence-electron chi connectivity index (χ1n) is 10.7. The molecule has 1 saturated heterocycles. The maximum absolute atomic E-state index is 13.3. The van der Waals surface area contributed by atoms with E-state index in [1.807, 2.05) is 0 Å². The van der Waals surface area contributed by atoms with E-state index in [0.717, 1.165) is 6.07 Å². The third kappa shape index (κ3) is 5.49. The number of carbonyl (C=O) groups excluding carboxylic acids is 1. The molecule has 1 heterocycles. The van der Waals surface area contributed by atoms with Crippen LogP contribution in [0.5, 0.6) is 5.75 Å². The minimum Gasteiger partial charge on any atom is -0.469 e. The molecule has 0 radical (unpaired) electrons. The Morgan fingerprint density at radius 3 is 2.36 bits per heavy atom. The highest BCUT2D eigenvalue weighted by atomic mass is 32.2. The molecule has 0 unspecified atom stereocenters. The highest BCUT2D eigenvalue weighted by molar-refractivity contribution is 7.89. The number of ether oxygens (including phenoxy) is 2. The maximum Gasteiger partial charge on any atom is 0.312 e. The Kier molecular flexibility index (Phi) is 8.01. The highest BCUT2D eigenvalue weighted by Gasteiger charge is 2.32. The molecule has 2 aromatic carbocycles. The number of amides is 1. The number of nitrogens with zero attached hydrogens (tertiary/aromatic N) is 3. The first-order valence-corrected chi connectivity index (χ1v) is 12.1. The van der Waals surface area contributed by atoms with Crippen molar-refractivity contribution in [1.82, 2.24) is 9.21 Å². The lowest BCUT2D eigenvalue weighted by molar-refractivity contribution is -0.386. The van der Waals surface area contributed by atoms with Gasteiger partial charge in [-0.25, -0.2) is 8.42 Å². The average molecular weight is 478 g/mol. The summed E-state index contributed by atoms with van der Waals surface area (Å²) < 4.78 is 38.1. The minimum absolute atomic E-state index is 0.186. The van der Waals surface area contributed by atoms with Crippen LogP contribution in [0.1, 0.15) is 25.5 Å². The molecule has 178 valence electrons. The first kappa shape index (κ1) is 24.6. The number of carbonyl (C=O) groups is 1. The summed E-state index contributed by atoms with van der Waals surface area (Å²) >= 11 is 0. The lowest BCUT2D eigenvalue weighted by atomic mass is 10.1. The van der Waals surface area contributed by atoms with E-state index in [9.17, 15) is 23.3 Å². The van der Waals surface area contributed by atoms with Crippen LogP contribution in [-0.2, 0) is 19.6 Å². The summed E-state index contributed by atoms with van der Waals surface area (Å²) in [5, 5.41) is 11.8. The van der Waals surface area contributed by atoms with Gasteiger partial charge in [-0.15, -0.1) is 0 Å². The molecule has 11 heteroatoms. The van der Waals surface area contributed by atoms with E-state index < -0.39 is 26.7 Å². The number of sulfonamides is 1. The van der Waals surface area contributed by atoms with Crippen molar-refractivity contribution in [3.63, 3.8) is 0 Å². The third-order valence-electron chi connectivity index (χ3n) is 5.36. The van der Waals surface area contributed by atoms with Crippen molar-refractivity contribution in [3.8, 4) is 5.75 Å². The molecule has 1 atom stereocenters. The van der Waals surface area contributed by atoms with Gasteiger partial charge in [-0.3, -0.25) is 14.9 Å². The number of nitro benzene ring substituents is 1. The van der Waals surface area contributed by atoms with Crippen molar-refractivity contribution >= 4 is 21.6 Å². The van der Waals surface area contributed by atoms with Crippen LogP contribution in [0.15, 0.2) is 53.4 Å². The summed E-state index contributed by atoms with van der Waals surface area (Å²) in [6.45, 7) is 5.40. The molecule has 0 saturated carbocycles. The van der Waals surface area contributed by atoms with Crippen LogP contribution in [0.4, 0.5) is 5.69 Å². The second-order valence-electron chi connectivity index (χ2n) is 7.32. The monoisotopic (exact) mass is 477 g/mol. The highest BCUT2D eigenvalue weighted by Crippen LogP contribution is 2.34. The summed E-state index contributed by atoms with van der Waals surface area (Å²) in [6, 6.07) is 12.1. The summed E-state index contributed by atoms with van der Waals surface area (Å²) in [7, 11) is -3.90. The minimum atomic E-state index is -3.90. The molecular weight excluding hydrogens is 450 g/mol. The van der Waals surface area contributed by atoms with Crippen LogP contribution in [-0.4, -0.2) is 67.8 Å². The van der Waals surface area contributed by atoms with Crippen molar-refractivity contribution < 1.29 is 27.6 Å². The van der Waals surface area contributed by atoms with Gasteiger partial charge in [0, 0.05) is 37.8 Å². The van der Waals surface area contributed by atoms with Gasteiger partial charge < -0.3 is 14.4 Å². The summed E-state index contributed by atoms with van der Waals surface area (Å²) in [5.41, 5.74) is 0.00192. The van der Waals surface area contributed by atoms with E-state index in [1.165, 1.54) is 16.4 Å². The zero-order chi connectivity index (χ0) is 24.0. The number of morpholine rings is 1. The molecule has 0 bridgehead atoms. The molecule has 10 nitrogen and oxygen atoms in total. The fraction of sp³-hybridized carbons (Fsp3) is 0.409. The molecular formula is C22H27N3O7S. The molecule has 0 N–H and O–H groups in total. The SMILES string of the molecule is CCN(CC)S(=O)(=O)c1ccc(O[C@@H](C(=O)N2CCOCC2)c2ccccc2)c([N+](=O)[O-])c1. The van der Waals surface area contributed by atoms with E-state index in [-0.39, 0.29) is 29.6 Å². The lowest BCUT2D eigenvalue weighted by Crippen LogP contribution is -2.44. The van der Waals surface area contributed by atoms with Crippen LogP contribution >= 0.6 is 0 Å². The van der Waals surface area contributed by atoms with Gasteiger partial charge in [-0.05, 0) is 12.1 Å². The lowest BCUT2D eigenvalue weighted by Gasteiger charge is -2.30. The molecule has 0 aliphatic carbocycles. The first-order chi connectivity index (χ1) is 15.8. The third-order valence-corrected chi connectivity index (χ3v) is 7.41. The normalized spacial score (nSPS) is 15.3. The molecule has 0 aromatic heterocycles. The Balaban J connectivity index is 2.00. The van der Waals surface area contributed by atoms with E-state index in [1.54, 1.807) is 49.1 Å². The van der Waals surface area contributed by atoms with Gasteiger partial charge >= 0.3 is 5.69 Å². The Hall–Kier alpha value is -3.02. The van der Waals surface area contributed by atoms with E-state index in [4.69, 9.17) is 9.47 Å². The van der Waals surface area contributed by atoms with Crippen molar-refractivity contribution in [3.05, 3.63) is 64.2 Å². The van der Waals surface area contributed by atoms with E-state index >= 15 is 0 Å². The van der Waals surface area contributed by atoms with Crippen LogP contribution in [0.3, 0.4) is 0 Å². The summed E-state index contributed by atoms with van der Waals surface area (Å²) in [5.74, 6) is -0.535. The quantitative estimate of drug-likeness (QED) is 0.402. The van der Waals surface area contributed by atoms with E-state index in [2.05, 4.69) is 0 Å². The fourth-order valence-electron chi connectivity index (χ4n) is 3.58. The topological polar surface area (TPSA) is 119 Å². The molecule has 1 aliphatic rings. The number of rotatable bonds is 9. The van der Waals surface area contributed by atoms with Gasteiger partial charge in [0.25, 0.3) is 5.91 Å². The molecule has 33 heavy (non-hydrogen) atoms.